The largest absolute Gasteiger partial charge is 2.00 e. The maximum Gasteiger partial charge on any atom is 2.00 e. The smallest absolute Gasteiger partial charge is 0.550 e. The van der Waals surface area contributed by atoms with Gasteiger partial charge in [0, 0.05) is 5.97 Å². The molecule has 0 aromatic carbocycles. The van der Waals surface area contributed by atoms with Crippen LogP contribution in [0.4, 0.5) is 0 Å². The van der Waals surface area contributed by atoms with Crippen molar-refractivity contribution in [1.29, 1.82) is 0 Å². The molecule has 0 unspecified atom stereocenters. The average molecular weight is 227 g/mol. The molecule has 0 bridgehead atoms. The van der Waals surface area contributed by atoms with Gasteiger partial charge in [-0.25, -0.2) is 0 Å². The summed E-state index contributed by atoms with van der Waals surface area (Å²) in [5.41, 5.74) is 0. The summed E-state index contributed by atoms with van der Waals surface area (Å²) in [6.07, 6.45) is 0. The number of rotatable bonds is 0. The molecule has 0 fully saturated rings. The van der Waals surface area contributed by atoms with Crippen LogP contribution in [0.1, 0.15) is 6.92 Å². The third kappa shape index (κ3) is 468. The molecule has 0 aliphatic carbocycles. The second kappa shape index (κ2) is 10.3. The third-order valence-corrected chi connectivity index (χ3v) is 0. The van der Waals surface area contributed by atoms with Gasteiger partial charge >= 0.3 is 20.4 Å². The van der Waals surface area contributed by atoms with Gasteiger partial charge in [0.2, 0.25) is 0 Å². The third-order valence-electron chi connectivity index (χ3n) is 0. The Balaban J connectivity index is -0.0000000720. The summed E-state index contributed by atoms with van der Waals surface area (Å²) in [7, 11) is 0. The SMILES string of the molecule is CC(=O)[O-].O=[N+]([O-])[O-].[Pd+2]. The van der Waals surface area contributed by atoms with Gasteiger partial charge in [-0.15, -0.1) is 0 Å². The van der Waals surface area contributed by atoms with Crippen molar-refractivity contribution < 1.29 is 35.4 Å². The van der Waals surface area contributed by atoms with Crippen LogP contribution < -0.4 is 5.11 Å². The summed E-state index contributed by atoms with van der Waals surface area (Å²) in [6.45, 7) is 0.972. The van der Waals surface area contributed by atoms with Gasteiger partial charge in [0.25, 0.3) is 0 Å². The molecule has 0 saturated carbocycles. The number of nitrogens with zero attached hydrogens (tertiary/aromatic N) is 1. The zero-order valence-electron chi connectivity index (χ0n) is 4.30. The number of carbonyl (C=O) groups is 1. The van der Waals surface area contributed by atoms with Crippen LogP contribution in [0.5, 0.6) is 0 Å². The van der Waals surface area contributed by atoms with E-state index in [-0.39, 0.29) is 20.4 Å². The molecule has 0 aliphatic heterocycles. The minimum absolute atomic E-state index is 0. The molecule has 0 saturated heterocycles. The van der Waals surface area contributed by atoms with E-state index in [2.05, 4.69) is 0 Å². The van der Waals surface area contributed by atoms with Crippen molar-refractivity contribution in [2.75, 3.05) is 0 Å². The first-order valence-electron chi connectivity index (χ1n) is 1.46. The Morgan fingerprint density at radius 1 is 1.44 bits per heavy atom. The van der Waals surface area contributed by atoms with Crippen molar-refractivity contribution in [2.45, 2.75) is 6.92 Å². The van der Waals surface area contributed by atoms with Crippen LogP contribution in [0.15, 0.2) is 0 Å². The number of carbonyl (C=O) groups excluding carboxylic acids is 1. The number of hydrogen-bond acceptors (Lipinski definition) is 5. The molecule has 0 rings (SSSR count). The molecule has 0 aromatic rings. The number of carboxylic acid groups (broad SMARTS) is 1. The molecule has 7 heteroatoms. The van der Waals surface area contributed by atoms with Crippen molar-refractivity contribution in [3.05, 3.63) is 15.3 Å². The van der Waals surface area contributed by atoms with Gasteiger partial charge in [0.05, 0.1) is 5.09 Å². The van der Waals surface area contributed by atoms with E-state index < -0.39 is 11.1 Å². The minimum atomic E-state index is -1.75. The van der Waals surface area contributed by atoms with Crippen LogP contribution >= 0.6 is 0 Å². The quantitative estimate of drug-likeness (QED) is 0.285. The van der Waals surface area contributed by atoms with Gasteiger partial charge in [0.1, 0.15) is 0 Å². The summed E-state index contributed by atoms with van der Waals surface area (Å²) >= 11 is 0. The number of carboxylic acids is 1. The first-order chi connectivity index (χ1) is 3.46. The molecule has 6 nitrogen and oxygen atoms in total. The fraction of sp³-hybridized carbons (Fsp3) is 0.500. The van der Waals surface area contributed by atoms with Crippen LogP contribution in [0.25, 0.3) is 0 Å². The van der Waals surface area contributed by atoms with E-state index in [1.165, 1.54) is 0 Å². The topological polar surface area (TPSA) is 106 Å². The Hall–Kier alpha value is -0.668. The van der Waals surface area contributed by atoms with Crippen LogP contribution in [-0.2, 0) is 25.2 Å². The van der Waals surface area contributed by atoms with Gasteiger partial charge in [-0.3, -0.25) is 0 Å². The summed E-state index contributed by atoms with van der Waals surface area (Å²) in [5.74, 6) is -1.08. The Morgan fingerprint density at radius 3 is 1.44 bits per heavy atom. The maximum atomic E-state index is 8.89. The first kappa shape index (κ1) is 15.8. The van der Waals surface area contributed by atoms with E-state index in [1.807, 2.05) is 0 Å². The van der Waals surface area contributed by atoms with Crippen molar-refractivity contribution in [3.63, 3.8) is 0 Å². The Bertz CT molecular complexity index is 73.0. The van der Waals surface area contributed by atoms with Gasteiger partial charge in [0.15, 0.2) is 0 Å². The molecule has 9 heavy (non-hydrogen) atoms. The summed E-state index contributed by atoms with van der Waals surface area (Å²) < 4.78 is 0. The fourth-order valence-electron chi connectivity index (χ4n) is 0. The Kier molecular flexibility index (Phi) is 18.1. The molecule has 0 N–H and O–H groups in total. The molecule has 0 heterocycles. The van der Waals surface area contributed by atoms with Crippen molar-refractivity contribution in [2.24, 2.45) is 0 Å². The van der Waals surface area contributed by atoms with Crippen LogP contribution in [-0.4, -0.2) is 11.1 Å². The molecule has 0 amide bonds. The van der Waals surface area contributed by atoms with E-state index in [4.69, 9.17) is 25.2 Å². The molecular formula is C2H3NO5Pd. The van der Waals surface area contributed by atoms with Gasteiger partial charge < -0.3 is 25.2 Å². The summed E-state index contributed by atoms with van der Waals surface area (Å²) in [4.78, 5) is 17.1. The van der Waals surface area contributed by atoms with Gasteiger partial charge in [-0.05, 0) is 6.92 Å². The predicted octanol–water partition coefficient (Wildman–Crippen LogP) is -1.49. The van der Waals surface area contributed by atoms with Crippen LogP contribution in [0.3, 0.4) is 0 Å². The van der Waals surface area contributed by atoms with E-state index in [0.29, 0.717) is 0 Å². The Morgan fingerprint density at radius 2 is 1.44 bits per heavy atom. The molecule has 0 atom stereocenters. The first-order valence-corrected chi connectivity index (χ1v) is 1.46. The maximum absolute atomic E-state index is 8.89. The van der Waals surface area contributed by atoms with Gasteiger partial charge in [-0.2, -0.15) is 0 Å². The zero-order valence-corrected chi connectivity index (χ0v) is 5.86. The standard InChI is InChI=1S/C2H4O2.NO3.Pd/c1-2(3)4;2-1(3)4;/h1H3,(H,3,4);;/q;-1;+2/p-1. The molecule has 0 spiro atoms. The van der Waals surface area contributed by atoms with Crippen LogP contribution in [0, 0.1) is 15.3 Å². The molecular weight excluding hydrogens is 224 g/mol. The van der Waals surface area contributed by atoms with E-state index >= 15 is 0 Å². The second-order valence-corrected chi connectivity index (χ2v) is 0.715. The van der Waals surface area contributed by atoms with E-state index in [9.17, 15) is 0 Å². The normalized spacial score (nSPS) is 5.44. The van der Waals surface area contributed by atoms with E-state index in [1.54, 1.807) is 0 Å². The fourth-order valence-corrected chi connectivity index (χ4v) is 0. The predicted molar refractivity (Wildman–Crippen MR) is 21.0 cm³/mol. The number of aliphatic carboxylic acids is 1. The molecule has 0 radical (unpaired) electrons. The Labute approximate surface area is 64.2 Å². The van der Waals surface area contributed by atoms with Crippen LogP contribution in [0.2, 0.25) is 0 Å². The zero-order chi connectivity index (χ0) is 7.15. The average Bonchev–Trinajstić information content (AvgIpc) is 1.25. The van der Waals surface area contributed by atoms with E-state index in [0.717, 1.165) is 6.92 Å². The molecule has 56 valence electrons. The van der Waals surface area contributed by atoms with Crippen molar-refractivity contribution in [1.82, 2.24) is 0 Å². The van der Waals surface area contributed by atoms with Gasteiger partial charge in [-0.1, -0.05) is 0 Å². The van der Waals surface area contributed by atoms with Crippen molar-refractivity contribution >= 4 is 5.97 Å². The summed E-state index contributed by atoms with van der Waals surface area (Å²) in [5, 5.41) is 23.6. The summed E-state index contributed by atoms with van der Waals surface area (Å²) in [6, 6.07) is 0. The molecule has 0 aromatic heterocycles. The number of hydrogen-bond donors (Lipinski definition) is 0. The minimum Gasteiger partial charge on any atom is -0.550 e. The van der Waals surface area contributed by atoms with Crippen molar-refractivity contribution in [3.8, 4) is 0 Å². The monoisotopic (exact) mass is 227 g/mol. The second-order valence-electron chi connectivity index (χ2n) is 0.715. The molecule has 0 aliphatic rings.